The van der Waals surface area contributed by atoms with Gasteiger partial charge in [-0.1, -0.05) is 17.7 Å². The van der Waals surface area contributed by atoms with E-state index < -0.39 is 15.3 Å². The molecule has 3 rings (SSSR count). The smallest absolute Gasteiger partial charge is 0.257 e. The molecule has 6 nitrogen and oxygen atoms in total. The van der Waals surface area contributed by atoms with E-state index in [1.807, 2.05) is 19.1 Å². The van der Waals surface area contributed by atoms with Crippen molar-refractivity contribution in [3.05, 3.63) is 46.0 Å². The molecule has 1 aromatic heterocycles. The fraction of sp³-hybridized carbons (Fsp3) is 0.412. The number of benzene rings is 1. The van der Waals surface area contributed by atoms with Gasteiger partial charge in [-0.05, 0) is 32.9 Å². The quantitative estimate of drug-likeness (QED) is 0.886. The minimum Gasteiger partial charge on any atom is -0.298 e. The number of carbonyl (C=O) groups excluding carboxylic acids is 1. The predicted molar refractivity (Wildman–Crippen MR) is 99.4 cm³/mol. The van der Waals surface area contributed by atoms with Gasteiger partial charge in [-0.25, -0.2) is 13.4 Å². The Morgan fingerprint density at radius 3 is 2.60 bits per heavy atom. The molecule has 0 unspecified atom stereocenters. The number of thiazole rings is 1. The van der Waals surface area contributed by atoms with Crippen LogP contribution in [0, 0.1) is 6.92 Å². The zero-order chi connectivity index (χ0) is 18.2. The van der Waals surface area contributed by atoms with Crippen LogP contribution in [0.3, 0.4) is 0 Å². The van der Waals surface area contributed by atoms with E-state index in [9.17, 15) is 13.2 Å². The maximum Gasteiger partial charge on any atom is 0.257 e. The molecule has 134 valence electrons. The number of sulfonamides is 1. The average molecular weight is 380 g/mol. The van der Waals surface area contributed by atoms with Crippen molar-refractivity contribution in [1.29, 1.82) is 0 Å². The van der Waals surface area contributed by atoms with Gasteiger partial charge in [0.25, 0.3) is 5.91 Å². The van der Waals surface area contributed by atoms with E-state index in [0.717, 1.165) is 16.1 Å². The van der Waals surface area contributed by atoms with Crippen molar-refractivity contribution in [3.63, 3.8) is 0 Å². The van der Waals surface area contributed by atoms with Crippen molar-refractivity contribution in [3.8, 4) is 0 Å². The molecule has 1 N–H and O–H groups in total. The van der Waals surface area contributed by atoms with Crippen molar-refractivity contribution in [2.75, 3.05) is 11.9 Å². The molecular weight excluding hydrogens is 358 g/mol. The topological polar surface area (TPSA) is 79.4 Å². The standard InChI is InChI=1S/C17H21N3O3S2/c1-11(2)25(22,23)20-9-8-14-15(10-20)24-17(18-14)19-16(21)13-6-4-12(3)5-7-13/h4-7,11H,8-10H2,1-3H3,(H,18,19,21). The minimum absolute atomic E-state index is 0.210. The first kappa shape index (κ1) is 18.0. The van der Waals surface area contributed by atoms with Gasteiger partial charge in [0.05, 0.1) is 10.9 Å². The Morgan fingerprint density at radius 2 is 1.96 bits per heavy atom. The Bertz CT molecular complexity index is 886. The summed E-state index contributed by atoms with van der Waals surface area (Å²) in [5, 5.41) is 2.88. The number of hydrogen-bond donors (Lipinski definition) is 1. The first-order chi connectivity index (χ1) is 11.8. The zero-order valence-electron chi connectivity index (χ0n) is 14.4. The van der Waals surface area contributed by atoms with Crippen LogP contribution in [0.15, 0.2) is 24.3 Å². The van der Waals surface area contributed by atoms with Crippen molar-refractivity contribution in [2.24, 2.45) is 0 Å². The van der Waals surface area contributed by atoms with E-state index in [0.29, 0.717) is 30.2 Å². The average Bonchev–Trinajstić information content (AvgIpc) is 2.96. The zero-order valence-corrected chi connectivity index (χ0v) is 16.1. The third-order valence-corrected chi connectivity index (χ3v) is 7.41. The number of hydrogen-bond acceptors (Lipinski definition) is 5. The molecule has 0 radical (unpaired) electrons. The lowest BCUT2D eigenvalue weighted by Crippen LogP contribution is -2.39. The fourth-order valence-electron chi connectivity index (χ4n) is 2.62. The second kappa shape index (κ2) is 6.86. The highest BCUT2D eigenvalue weighted by Gasteiger charge is 2.31. The van der Waals surface area contributed by atoms with Gasteiger partial charge in [0.1, 0.15) is 0 Å². The Labute approximate surface area is 151 Å². The second-order valence-electron chi connectivity index (χ2n) is 6.39. The fourth-order valence-corrected chi connectivity index (χ4v) is 4.97. The number of amides is 1. The SMILES string of the molecule is Cc1ccc(C(=O)Nc2nc3c(s2)CN(S(=O)(=O)C(C)C)CC3)cc1. The summed E-state index contributed by atoms with van der Waals surface area (Å²) in [4.78, 5) is 17.7. The Kier molecular flexibility index (Phi) is 4.95. The molecule has 0 spiro atoms. The molecule has 1 aliphatic rings. The van der Waals surface area contributed by atoms with Gasteiger partial charge in [-0.3, -0.25) is 10.1 Å². The largest absolute Gasteiger partial charge is 0.298 e. The molecular formula is C17H21N3O3S2. The highest BCUT2D eigenvalue weighted by molar-refractivity contribution is 7.89. The van der Waals surface area contributed by atoms with E-state index in [2.05, 4.69) is 10.3 Å². The maximum atomic E-state index is 12.3. The Morgan fingerprint density at radius 1 is 1.28 bits per heavy atom. The molecule has 25 heavy (non-hydrogen) atoms. The molecule has 2 heterocycles. The number of aryl methyl sites for hydroxylation is 1. The van der Waals surface area contributed by atoms with E-state index in [1.54, 1.807) is 26.0 Å². The van der Waals surface area contributed by atoms with Crippen LogP contribution >= 0.6 is 11.3 Å². The van der Waals surface area contributed by atoms with Crippen molar-refractivity contribution >= 4 is 32.4 Å². The van der Waals surface area contributed by atoms with E-state index in [4.69, 9.17) is 0 Å². The van der Waals surface area contributed by atoms with E-state index in [1.165, 1.54) is 15.6 Å². The second-order valence-corrected chi connectivity index (χ2v) is 9.96. The lowest BCUT2D eigenvalue weighted by molar-refractivity contribution is 0.102. The third-order valence-electron chi connectivity index (χ3n) is 4.19. The monoisotopic (exact) mass is 379 g/mol. The molecule has 0 saturated carbocycles. The summed E-state index contributed by atoms with van der Waals surface area (Å²) >= 11 is 1.34. The van der Waals surface area contributed by atoms with E-state index in [-0.39, 0.29) is 5.91 Å². The van der Waals surface area contributed by atoms with Crippen LogP contribution in [0.25, 0.3) is 0 Å². The van der Waals surface area contributed by atoms with Gasteiger partial charge in [0.2, 0.25) is 10.0 Å². The number of fused-ring (bicyclic) bond motifs is 1. The summed E-state index contributed by atoms with van der Waals surface area (Å²) in [7, 11) is -3.28. The highest BCUT2D eigenvalue weighted by Crippen LogP contribution is 2.30. The van der Waals surface area contributed by atoms with Crippen LogP contribution in [0.4, 0.5) is 5.13 Å². The van der Waals surface area contributed by atoms with Crippen LogP contribution in [0.5, 0.6) is 0 Å². The first-order valence-electron chi connectivity index (χ1n) is 8.13. The summed E-state index contributed by atoms with van der Waals surface area (Å²) in [6, 6.07) is 7.32. The van der Waals surface area contributed by atoms with Crippen LogP contribution in [-0.2, 0) is 23.0 Å². The molecule has 0 fully saturated rings. The number of nitrogens with zero attached hydrogens (tertiary/aromatic N) is 2. The summed E-state index contributed by atoms with van der Waals surface area (Å²) in [6.45, 7) is 6.10. The number of rotatable bonds is 4. The summed E-state index contributed by atoms with van der Waals surface area (Å²) in [6.07, 6.45) is 0.568. The lowest BCUT2D eigenvalue weighted by atomic mass is 10.1. The third kappa shape index (κ3) is 3.75. The van der Waals surface area contributed by atoms with Crippen LogP contribution in [0.2, 0.25) is 0 Å². The van der Waals surface area contributed by atoms with Gasteiger partial charge in [-0.2, -0.15) is 4.31 Å². The minimum atomic E-state index is -3.28. The number of aromatic nitrogens is 1. The number of anilines is 1. The predicted octanol–water partition coefficient (Wildman–Crippen LogP) is 2.80. The Hall–Kier alpha value is -1.77. The molecule has 0 saturated heterocycles. The van der Waals surface area contributed by atoms with Crippen LogP contribution in [-0.4, -0.2) is 35.4 Å². The summed E-state index contributed by atoms with van der Waals surface area (Å²) < 4.78 is 26.2. The molecule has 2 aromatic rings. The van der Waals surface area contributed by atoms with Crippen molar-refractivity contribution < 1.29 is 13.2 Å². The maximum absolute atomic E-state index is 12.3. The van der Waals surface area contributed by atoms with Gasteiger partial charge >= 0.3 is 0 Å². The van der Waals surface area contributed by atoms with Crippen LogP contribution in [0.1, 0.15) is 40.3 Å². The van der Waals surface area contributed by atoms with Gasteiger partial charge in [0, 0.05) is 30.0 Å². The van der Waals surface area contributed by atoms with Crippen molar-refractivity contribution in [2.45, 2.75) is 39.0 Å². The Balaban J connectivity index is 1.74. The van der Waals surface area contributed by atoms with Gasteiger partial charge in [-0.15, -0.1) is 11.3 Å². The highest BCUT2D eigenvalue weighted by atomic mass is 32.2. The molecule has 0 aliphatic carbocycles. The normalized spacial score (nSPS) is 15.2. The molecule has 1 aliphatic heterocycles. The number of carbonyl (C=O) groups is 1. The first-order valence-corrected chi connectivity index (χ1v) is 10.4. The molecule has 1 amide bonds. The molecule has 0 bridgehead atoms. The summed E-state index contributed by atoms with van der Waals surface area (Å²) in [5.74, 6) is -0.210. The molecule has 8 heteroatoms. The van der Waals surface area contributed by atoms with Gasteiger partial charge in [0.15, 0.2) is 5.13 Å². The van der Waals surface area contributed by atoms with Gasteiger partial charge < -0.3 is 0 Å². The van der Waals surface area contributed by atoms with E-state index >= 15 is 0 Å². The van der Waals surface area contributed by atoms with Crippen molar-refractivity contribution in [1.82, 2.24) is 9.29 Å². The summed E-state index contributed by atoms with van der Waals surface area (Å²) in [5.41, 5.74) is 2.54. The number of nitrogens with one attached hydrogen (secondary N) is 1. The molecule has 0 atom stereocenters. The lowest BCUT2D eigenvalue weighted by Gasteiger charge is -2.26. The van der Waals surface area contributed by atoms with Crippen LogP contribution < -0.4 is 5.32 Å². The molecule has 1 aromatic carbocycles.